The first-order chi connectivity index (χ1) is 6.76. The average molecular weight is 197 g/mol. The largest absolute Gasteiger partial charge is 0.374 e. The molecule has 1 aliphatic heterocycles. The minimum Gasteiger partial charge on any atom is -0.374 e. The van der Waals surface area contributed by atoms with E-state index in [2.05, 4.69) is 18.8 Å². The molecule has 0 aromatic carbocycles. The minimum absolute atomic E-state index is 0.474. The highest BCUT2D eigenvalue weighted by molar-refractivity contribution is 4.98. The zero-order chi connectivity index (χ0) is 10.4. The Labute approximate surface area is 87.7 Å². The van der Waals surface area contributed by atoms with Gasteiger partial charge in [-0.2, -0.15) is 0 Å². The predicted molar refractivity (Wildman–Crippen MR) is 60.5 cm³/mol. The number of nitrogens with one attached hydrogen (secondary N) is 1. The van der Waals surface area contributed by atoms with Crippen molar-refractivity contribution in [2.75, 3.05) is 13.6 Å². The van der Waals surface area contributed by atoms with Crippen molar-refractivity contribution in [1.82, 2.24) is 5.32 Å². The number of hydrogen-bond acceptors (Lipinski definition) is 2. The third-order valence-corrected chi connectivity index (χ3v) is 2.84. The van der Waals surface area contributed by atoms with Gasteiger partial charge in [0, 0.05) is 6.42 Å². The molecule has 2 nitrogen and oxygen atoms in total. The van der Waals surface area contributed by atoms with Crippen LogP contribution in [0, 0.1) is 0 Å². The summed E-state index contributed by atoms with van der Waals surface area (Å²) in [5.74, 6) is 0. The van der Waals surface area contributed by atoms with Crippen molar-refractivity contribution in [3.05, 3.63) is 12.2 Å². The molecule has 0 aromatic rings. The lowest BCUT2D eigenvalue weighted by Gasteiger charge is -2.36. The summed E-state index contributed by atoms with van der Waals surface area (Å²) >= 11 is 0. The summed E-state index contributed by atoms with van der Waals surface area (Å²) in [6, 6.07) is 0. The molecule has 0 aromatic heterocycles. The van der Waals surface area contributed by atoms with Gasteiger partial charge in [0.1, 0.15) is 0 Å². The summed E-state index contributed by atoms with van der Waals surface area (Å²) in [6.45, 7) is 7.36. The summed E-state index contributed by atoms with van der Waals surface area (Å²) < 4.78 is 5.69. The first-order valence-corrected chi connectivity index (χ1v) is 5.73. The van der Waals surface area contributed by atoms with Gasteiger partial charge >= 0.3 is 0 Å². The molecule has 1 heterocycles. The highest BCUT2D eigenvalue weighted by Gasteiger charge is 2.28. The Morgan fingerprint density at radius 3 is 2.79 bits per heavy atom. The monoisotopic (exact) mass is 197 g/mol. The summed E-state index contributed by atoms with van der Waals surface area (Å²) in [4.78, 5) is 0. The van der Waals surface area contributed by atoms with Gasteiger partial charge in [-0.15, -0.1) is 0 Å². The summed E-state index contributed by atoms with van der Waals surface area (Å²) in [5, 5.41) is 3.15. The van der Waals surface area contributed by atoms with Crippen molar-refractivity contribution >= 4 is 0 Å². The smallest absolute Gasteiger partial charge is 0.0640 e. The molecule has 82 valence electrons. The maximum absolute atomic E-state index is 5.69. The second-order valence-electron chi connectivity index (χ2n) is 4.19. The zero-order valence-electron chi connectivity index (χ0n) is 9.51. The van der Waals surface area contributed by atoms with Crippen LogP contribution in [0.4, 0.5) is 0 Å². The van der Waals surface area contributed by atoms with Gasteiger partial charge in [0.2, 0.25) is 0 Å². The molecular formula is C12H23NO. The normalized spacial score (nSPS) is 25.9. The molecule has 0 spiro atoms. The fourth-order valence-electron chi connectivity index (χ4n) is 1.89. The summed E-state index contributed by atoms with van der Waals surface area (Å²) in [5.41, 5.74) is 1.35. The standard InChI is InChI=1S/C12H23NO/c1-4-11-9-12(14-11)8-10(2)6-5-7-13-3/h11-13H,2,4-9H2,1,3H3. The molecule has 1 aliphatic rings. The van der Waals surface area contributed by atoms with Crippen LogP contribution in [-0.4, -0.2) is 25.8 Å². The van der Waals surface area contributed by atoms with Gasteiger partial charge in [-0.05, 0) is 39.3 Å². The quantitative estimate of drug-likeness (QED) is 0.500. The molecule has 1 fully saturated rings. The van der Waals surface area contributed by atoms with Crippen LogP contribution in [0.2, 0.25) is 0 Å². The van der Waals surface area contributed by atoms with E-state index in [-0.39, 0.29) is 0 Å². The zero-order valence-corrected chi connectivity index (χ0v) is 9.51. The molecule has 1 rings (SSSR count). The van der Waals surface area contributed by atoms with Crippen LogP contribution in [-0.2, 0) is 4.74 Å². The molecule has 2 atom stereocenters. The van der Waals surface area contributed by atoms with Crippen molar-refractivity contribution in [2.45, 2.75) is 51.2 Å². The van der Waals surface area contributed by atoms with Crippen LogP contribution >= 0.6 is 0 Å². The Hall–Kier alpha value is -0.340. The molecule has 0 bridgehead atoms. The van der Waals surface area contributed by atoms with Crippen LogP contribution in [0.1, 0.15) is 39.0 Å². The van der Waals surface area contributed by atoms with Gasteiger partial charge in [-0.25, -0.2) is 0 Å². The lowest BCUT2D eigenvalue weighted by atomic mass is 9.95. The summed E-state index contributed by atoms with van der Waals surface area (Å²) in [7, 11) is 1.99. The molecule has 14 heavy (non-hydrogen) atoms. The molecule has 0 radical (unpaired) electrons. The molecule has 2 unspecified atom stereocenters. The van der Waals surface area contributed by atoms with E-state index in [1.165, 1.54) is 18.4 Å². The molecule has 0 amide bonds. The maximum atomic E-state index is 5.69. The lowest BCUT2D eigenvalue weighted by molar-refractivity contribution is -0.123. The average Bonchev–Trinajstić information content (AvgIpc) is 2.11. The second-order valence-corrected chi connectivity index (χ2v) is 4.19. The first kappa shape index (κ1) is 11.7. The Bertz CT molecular complexity index is 173. The van der Waals surface area contributed by atoms with Gasteiger partial charge in [0.15, 0.2) is 0 Å². The topological polar surface area (TPSA) is 21.3 Å². The molecule has 2 heteroatoms. The Morgan fingerprint density at radius 2 is 2.21 bits per heavy atom. The van der Waals surface area contributed by atoms with E-state index in [1.54, 1.807) is 0 Å². The van der Waals surface area contributed by atoms with Crippen molar-refractivity contribution < 1.29 is 4.74 Å². The fraction of sp³-hybridized carbons (Fsp3) is 0.833. The Morgan fingerprint density at radius 1 is 1.50 bits per heavy atom. The highest BCUT2D eigenvalue weighted by Crippen LogP contribution is 2.28. The Kier molecular flexibility index (Phi) is 5.20. The van der Waals surface area contributed by atoms with Crippen LogP contribution in [0.15, 0.2) is 12.2 Å². The molecule has 0 aliphatic carbocycles. The van der Waals surface area contributed by atoms with Gasteiger partial charge < -0.3 is 10.1 Å². The van der Waals surface area contributed by atoms with Crippen molar-refractivity contribution in [2.24, 2.45) is 0 Å². The lowest BCUT2D eigenvalue weighted by Crippen LogP contribution is -2.36. The van der Waals surface area contributed by atoms with Crippen LogP contribution in [0.3, 0.4) is 0 Å². The Balaban J connectivity index is 1.99. The van der Waals surface area contributed by atoms with E-state index in [1.807, 2.05) is 7.05 Å². The second kappa shape index (κ2) is 6.20. The molecule has 1 saturated heterocycles. The van der Waals surface area contributed by atoms with E-state index in [0.29, 0.717) is 12.2 Å². The fourth-order valence-corrected chi connectivity index (χ4v) is 1.89. The highest BCUT2D eigenvalue weighted by atomic mass is 16.5. The number of rotatable bonds is 7. The van der Waals surface area contributed by atoms with Gasteiger partial charge in [0.25, 0.3) is 0 Å². The van der Waals surface area contributed by atoms with Crippen LogP contribution < -0.4 is 5.32 Å². The van der Waals surface area contributed by atoms with Crippen LogP contribution in [0.25, 0.3) is 0 Å². The third kappa shape index (κ3) is 3.81. The van der Waals surface area contributed by atoms with E-state index < -0.39 is 0 Å². The van der Waals surface area contributed by atoms with Gasteiger partial charge in [0.05, 0.1) is 12.2 Å². The molecule has 0 saturated carbocycles. The van der Waals surface area contributed by atoms with Crippen molar-refractivity contribution in [3.8, 4) is 0 Å². The minimum atomic E-state index is 0.474. The third-order valence-electron chi connectivity index (χ3n) is 2.84. The van der Waals surface area contributed by atoms with Gasteiger partial charge in [-0.3, -0.25) is 0 Å². The van der Waals surface area contributed by atoms with E-state index in [0.717, 1.165) is 25.8 Å². The SMILES string of the molecule is C=C(CCCNC)CC1CC(CC)O1. The van der Waals surface area contributed by atoms with E-state index >= 15 is 0 Å². The summed E-state index contributed by atoms with van der Waals surface area (Å²) in [6.07, 6.45) is 6.80. The molecule has 1 N–H and O–H groups in total. The van der Waals surface area contributed by atoms with Crippen LogP contribution in [0.5, 0.6) is 0 Å². The van der Waals surface area contributed by atoms with Crippen molar-refractivity contribution in [1.29, 1.82) is 0 Å². The number of ether oxygens (including phenoxy) is 1. The van der Waals surface area contributed by atoms with E-state index in [4.69, 9.17) is 4.74 Å². The predicted octanol–water partition coefficient (Wildman–Crippen LogP) is 2.50. The first-order valence-electron chi connectivity index (χ1n) is 5.73. The number of hydrogen-bond donors (Lipinski definition) is 1. The van der Waals surface area contributed by atoms with E-state index in [9.17, 15) is 0 Å². The van der Waals surface area contributed by atoms with Crippen molar-refractivity contribution in [3.63, 3.8) is 0 Å². The maximum Gasteiger partial charge on any atom is 0.0640 e. The van der Waals surface area contributed by atoms with Gasteiger partial charge in [-0.1, -0.05) is 19.1 Å². The molecular weight excluding hydrogens is 174 g/mol.